The van der Waals surface area contributed by atoms with Gasteiger partial charge in [-0.25, -0.2) is 0 Å². The van der Waals surface area contributed by atoms with E-state index in [9.17, 15) is 0 Å². The third-order valence-corrected chi connectivity index (χ3v) is 5.21. The Kier molecular flexibility index (Phi) is 5.07. The molecule has 1 unspecified atom stereocenters. The van der Waals surface area contributed by atoms with Crippen molar-refractivity contribution in [2.24, 2.45) is 0 Å². The summed E-state index contributed by atoms with van der Waals surface area (Å²) >= 11 is 5.34. The summed E-state index contributed by atoms with van der Waals surface area (Å²) in [6, 6.07) is 6.26. The minimum atomic E-state index is 0.129. The lowest BCUT2D eigenvalue weighted by Gasteiger charge is -2.20. The van der Waals surface area contributed by atoms with E-state index in [1.165, 1.54) is 16.0 Å². The van der Waals surface area contributed by atoms with Crippen LogP contribution in [0.25, 0.3) is 0 Å². The molecule has 0 saturated carbocycles. The van der Waals surface area contributed by atoms with Crippen LogP contribution in [0.4, 0.5) is 0 Å². The molecule has 0 spiro atoms. The van der Waals surface area contributed by atoms with Crippen LogP contribution >= 0.6 is 27.3 Å². The van der Waals surface area contributed by atoms with Crippen molar-refractivity contribution in [3.8, 4) is 11.5 Å². The molecule has 0 aliphatic heterocycles. The van der Waals surface area contributed by atoms with E-state index in [1.54, 1.807) is 25.6 Å². The second-order valence-corrected chi connectivity index (χ2v) is 6.22. The van der Waals surface area contributed by atoms with E-state index in [1.807, 2.05) is 19.2 Å². The Morgan fingerprint density at radius 3 is 2.35 bits per heavy atom. The molecule has 5 heteroatoms. The predicted molar refractivity (Wildman–Crippen MR) is 87.2 cm³/mol. The summed E-state index contributed by atoms with van der Waals surface area (Å²) in [6.07, 6.45) is 0. The number of aryl methyl sites for hydroxylation is 1. The van der Waals surface area contributed by atoms with Crippen LogP contribution in [0.3, 0.4) is 0 Å². The first-order chi connectivity index (χ1) is 9.62. The van der Waals surface area contributed by atoms with Crippen LogP contribution < -0.4 is 14.8 Å². The van der Waals surface area contributed by atoms with Crippen LogP contribution in [-0.4, -0.2) is 21.3 Å². The van der Waals surface area contributed by atoms with E-state index in [-0.39, 0.29) is 6.04 Å². The molecule has 1 N–H and O–H groups in total. The number of hydrogen-bond acceptors (Lipinski definition) is 4. The minimum absolute atomic E-state index is 0.129. The van der Waals surface area contributed by atoms with Crippen LogP contribution in [0, 0.1) is 6.92 Å². The second-order valence-electron chi connectivity index (χ2n) is 4.42. The van der Waals surface area contributed by atoms with Crippen molar-refractivity contribution in [3.05, 3.63) is 44.1 Å². The average molecular weight is 356 g/mol. The topological polar surface area (TPSA) is 30.5 Å². The smallest absolute Gasteiger partial charge is 0.161 e. The molecule has 0 radical (unpaired) electrons. The lowest BCUT2D eigenvalue weighted by Crippen LogP contribution is -2.18. The van der Waals surface area contributed by atoms with Crippen molar-refractivity contribution in [2.75, 3.05) is 21.3 Å². The van der Waals surface area contributed by atoms with Gasteiger partial charge in [-0.15, -0.1) is 11.3 Å². The van der Waals surface area contributed by atoms with Gasteiger partial charge in [-0.1, -0.05) is 0 Å². The van der Waals surface area contributed by atoms with Crippen molar-refractivity contribution >= 4 is 27.3 Å². The fourth-order valence-corrected chi connectivity index (χ4v) is 3.98. The van der Waals surface area contributed by atoms with Gasteiger partial charge in [0.05, 0.1) is 20.3 Å². The van der Waals surface area contributed by atoms with Gasteiger partial charge < -0.3 is 14.8 Å². The van der Waals surface area contributed by atoms with Crippen LogP contribution in [0.15, 0.2) is 28.1 Å². The average Bonchev–Trinajstić information content (AvgIpc) is 2.87. The Morgan fingerprint density at radius 1 is 1.20 bits per heavy atom. The summed E-state index contributed by atoms with van der Waals surface area (Å²) in [4.78, 5) is 1.25. The van der Waals surface area contributed by atoms with Gasteiger partial charge in [0.2, 0.25) is 0 Å². The normalized spacial score (nSPS) is 12.2. The Balaban J connectivity index is 2.52. The first kappa shape index (κ1) is 15.4. The Labute approximate surface area is 132 Å². The van der Waals surface area contributed by atoms with Crippen molar-refractivity contribution in [3.63, 3.8) is 0 Å². The number of thiophene rings is 1. The fraction of sp³-hybridized carbons (Fsp3) is 0.333. The summed E-state index contributed by atoms with van der Waals surface area (Å²) in [7, 11) is 5.28. The number of halogens is 1. The molecule has 1 aromatic carbocycles. The second kappa shape index (κ2) is 6.61. The summed E-state index contributed by atoms with van der Waals surface area (Å²) in [5.74, 6) is 1.51. The quantitative estimate of drug-likeness (QED) is 0.873. The predicted octanol–water partition coefficient (Wildman–Crippen LogP) is 4.15. The molecule has 1 atom stereocenters. The highest BCUT2D eigenvalue weighted by Crippen LogP contribution is 2.38. The molecule has 0 bridgehead atoms. The van der Waals surface area contributed by atoms with Gasteiger partial charge in [-0.05, 0) is 64.6 Å². The summed E-state index contributed by atoms with van der Waals surface area (Å²) in [6.45, 7) is 2.09. The molecule has 0 saturated heterocycles. The van der Waals surface area contributed by atoms with Gasteiger partial charge in [-0.3, -0.25) is 0 Å². The maximum atomic E-state index is 5.41. The lowest BCUT2D eigenvalue weighted by atomic mass is 9.99. The molecule has 20 heavy (non-hydrogen) atoms. The van der Waals surface area contributed by atoms with Gasteiger partial charge in [-0.2, -0.15) is 0 Å². The summed E-state index contributed by atoms with van der Waals surface area (Å²) in [5, 5.41) is 5.46. The first-order valence-corrected chi connectivity index (χ1v) is 7.92. The third kappa shape index (κ3) is 2.85. The van der Waals surface area contributed by atoms with Crippen LogP contribution in [0.2, 0.25) is 0 Å². The Hall–Kier alpha value is -1.04. The maximum Gasteiger partial charge on any atom is 0.161 e. The molecule has 1 aromatic heterocycles. The van der Waals surface area contributed by atoms with Gasteiger partial charge in [0.1, 0.15) is 0 Å². The third-order valence-electron chi connectivity index (χ3n) is 3.28. The number of benzene rings is 1. The fourth-order valence-electron chi connectivity index (χ4n) is 2.25. The lowest BCUT2D eigenvalue weighted by molar-refractivity contribution is 0.354. The zero-order valence-corrected chi connectivity index (χ0v) is 14.4. The molecule has 108 valence electrons. The number of ether oxygens (including phenoxy) is 2. The number of rotatable bonds is 5. The highest BCUT2D eigenvalue weighted by molar-refractivity contribution is 9.10. The van der Waals surface area contributed by atoms with E-state index < -0.39 is 0 Å². The largest absolute Gasteiger partial charge is 0.493 e. The van der Waals surface area contributed by atoms with Crippen molar-refractivity contribution < 1.29 is 9.47 Å². The molecule has 0 aliphatic carbocycles. The zero-order chi connectivity index (χ0) is 14.7. The molecule has 2 rings (SSSR count). The Morgan fingerprint density at radius 2 is 1.85 bits per heavy atom. The molecular weight excluding hydrogens is 338 g/mol. The molecule has 1 heterocycles. The first-order valence-electron chi connectivity index (χ1n) is 6.25. The highest BCUT2D eigenvalue weighted by Gasteiger charge is 2.20. The molecule has 0 amide bonds. The molecule has 0 fully saturated rings. The zero-order valence-electron chi connectivity index (χ0n) is 12.0. The van der Waals surface area contributed by atoms with Crippen LogP contribution in [0.5, 0.6) is 11.5 Å². The van der Waals surface area contributed by atoms with E-state index in [2.05, 4.69) is 39.6 Å². The standard InChI is InChI=1S/C15H18BrNO2S/c1-9-7-12(18-3)13(19-4)8-10(9)14(17-2)15-11(16)5-6-20-15/h5-8,14,17H,1-4H3. The van der Waals surface area contributed by atoms with Crippen molar-refractivity contribution in [2.45, 2.75) is 13.0 Å². The molecule has 3 nitrogen and oxygen atoms in total. The van der Waals surface area contributed by atoms with Gasteiger partial charge >= 0.3 is 0 Å². The molecule has 2 aromatic rings. The minimum Gasteiger partial charge on any atom is -0.493 e. The summed E-state index contributed by atoms with van der Waals surface area (Å²) in [5.41, 5.74) is 2.36. The van der Waals surface area contributed by atoms with Gasteiger partial charge in [0, 0.05) is 9.35 Å². The SMILES string of the molecule is CNC(c1cc(OC)c(OC)cc1C)c1sccc1Br. The number of methoxy groups -OCH3 is 2. The summed E-state index contributed by atoms with van der Waals surface area (Å²) < 4.78 is 11.9. The van der Waals surface area contributed by atoms with E-state index >= 15 is 0 Å². The molecular formula is C15H18BrNO2S. The van der Waals surface area contributed by atoms with Crippen LogP contribution in [0.1, 0.15) is 22.0 Å². The van der Waals surface area contributed by atoms with Gasteiger partial charge in [0.25, 0.3) is 0 Å². The highest BCUT2D eigenvalue weighted by atomic mass is 79.9. The van der Waals surface area contributed by atoms with Gasteiger partial charge in [0.15, 0.2) is 11.5 Å². The van der Waals surface area contributed by atoms with Crippen molar-refractivity contribution in [1.82, 2.24) is 5.32 Å². The van der Waals surface area contributed by atoms with Crippen LogP contribution in [-0.2, 0) is 0 Å². The monoisotopic (exact) mass is 355 g/mol. The molecule has 0 aliphatic rings. The number of hydrogen-bond donors (Lipinski definition) is 1. The number of nitrogens with one attached hydrogen (secondary N) is 1. The van der Waals surface area contributed by atoms with Crippen molar-refractivity contribution in [1.29, 1.82) is 0 Å². The van der Waals surface area contributed by atoms with E-state index in [0.717, 1.165) is 16.0 Å². The van der Waals surface area contributed by atoms with E-state index in [4.69, 9.17) is 9.47 Å². The Bertz CT molecular complexity index is 598. The maximum absolute atomic E-state index is 5.41. The van der Waals surface area contributed by atoms with E-state index in [0.29, 0.717) is 0 Å².